The van der Waals surface area contributed by atoms with Crippen molar-refractivity contribution in [2.45, 2.75) is 12.5 Å². The van der Waals surface area contributed by atoms with Crippen LogP contribution in [0.5, 0.6) is 0 Å². The van der Waals surface area contributed by atoms with Gasteiger partial charge in [-0.3, -0.25) is 9.55 Å². The molecule has 0 fully saturated rings. The van der Waals surface area contributed by atoms with E-state index < -0.39 is 5.82 Å². The smallest absolute Gasteiger partial charge is 0.165 e. The lowest BCUT2D eigenvalue weighted by molar-refractivity contribution is 0.602. The first-order valence-electron chi connectivity index (χ1n) is 6.67. The van der Waals surface area contributed by atoms with Crippen molar-refractivity contribution in [2.24, 2.45) is 5.73 Å². The SMILES string of the molecule is N[C@H](Cc1ccccc1)c1cncn1-c1ccncc1F. The van der Waals surface area contributed by atoms with Crippen LogP contribution in [0.3, 0.4) is 0 Å². The van der Waals surface area contributed by atoms with E-state index in [4.69, 9.17) is 5.73 Å². The lowest BCUT2D eigenvalue weighted by Crippen LogP contribution is -2.17. The molecule has 0 aliphatic rings. The van der Waals surface area contributed by atoms with Crippen LogP contribution in [0, 0.1) is 5.82 Å². The van der Waals surface area contributed by atoms with Gasteiger partial charge < -0.3 is 5.73 Å². The summed E-state index contributed by atoms with van der Waals surface area (Å²) in [6, 6.07) is 11.3. The zero-order chi connectivity index (χ0) is 14.7. The molecule has 0 aliphatic carbocycles. The third kappa shape index (κ3) is 2.83. The molecule has 0 radical (unpaired) electrons. The number of aromatic nitrogens is 3. The Hall–Kier alpha value is -2.53. The fraction of sp³-hybridized carbons (Fsp3) is 0.125. The van der Waals surface area contributed by atoms with Gasteiger partial charge in [0.15, 0.2) is 5.82 Å². The second kappa shape index (κ2) is 5.85. The zero-order valence-electron chi connectivity index (χ0n) is 11.4. The third-order valence-electron chi connectivity index (χ3n) is 3.36. The normalized spacial score (nSPS) is 12.3. The van der Waals surface area contributed by atoms with Crippen molar-refractivity contribution in [3.05, 3.63) is 78.4 Å². The van der Waals surface area contributed by atoms with Gasteiger partial charge in [-0.05, 0) is 18.1 Å². The first kappa shape index (κ1) is 13.5. The molecule has 2 N–H and O–H groups in total. The number of hydrogen-bond acceptors (Lipinski definition) is 3. The van der Waals surface area contributed by atoms with E-state index in [1.165, 1.54) is 6.20 Å². The summed E-state index contributed by atoms with van der Waals surface area (Å²) >= 11 is 0. The Bertz CT molecular complexity index is 724. The van der Waals surface area contributed by atoms with Crippen molar-refractivity contribution in [3.63, 3.8) is 0 Å². The number of imidazole rings is 1. The van der Waals surface area contributed by atoms with Gasteiger partial charge in [0.25, 0.3) is 0 Å². The van der Waals surface area contributed by atoms with E-state index in [1.54, 1.807) is 29.4 Å². The highest BCUT2D eigenvalue weighted by atomic mass is 19.1. The maximum atomic E-state index is 13.9. The molecule has 21 heavy (non-hydrogen) atoms. The summed E-state index contributed by atoms with van der Waals surface area (Å²) in [5.41, 5.74) is 8.56. The van der Waals surface area contributed by atoms with Crippen LogP contribution < -0.4 is 5.73 Å². The molecule has 0 amide bonds. The van der Waals surface area contributed by atoms with Crippen molar-refractivity contribution in [3.8, 4) is 5.69 Å². The minimum Gasteiger partial charge on any atom is -0.322 e. The summed E-state index contributed by atoms with van der Waals surface area (Å²) in [6.07, 6.45) is 6.64. The molecule has 0 bridgehead atoms. The lowest BCUT2D eigenvalue weighted by atomic mass is 10.0. The molecule has 3 rings (SSSR count). The summed E-state index contributed by atoms with van der Waals surface area (Å²) in [5.74, 6) is -0.399. The molecule has 1 atom stereocenters. The van der Waals surface area contributed by atoms with E-state index in [2.05, 4.69) is 9.97 Å². The summed E-state index contributed by atoms with van der Waals surface area (Å²) in [4.78, 5) is 7.86. The average molecular weight is 282 g/mol. The van der Waals surface area contributed by atoms with Crippen LogP contribution in [-0.4, -0.2) is 14.5 Å². The molecule has 2 heterocycles. The van der Waals surface area contributed by atoms with Crippen molar-refractivity contribution < 1.29 is 4.39 Å². The van der Waals surface area contributed by atoms with Crippen molar-refractivity contribution in [2.75, 3.05) is 0 Å². The summed E-state index contributed by atoms with van der Waals surface area (Å²) in [5, 5.41) is 0. The molecule has 0 saturated carbocycles. The number of pyridine rings is 1. The van der Waals surface area contributed by atoms with Gasteiger partial charge in [-0.1, -0.05) is 30.3 Å². The molecule has 2 aromatic heterocycles. The largest absolute Gasteiger partial charge is 0.322 e. The minimum absolute atomic E-state index is 0.262. The maximum absolute atomic E-state index is 13.9. The Morgan fingerprint density at radius 2 is 1.90 bits per heavy atom. The van der Waals surface area contributed by atoms with Crippen molar-refractivity contribution in [1.82, 2.24) is 14.5 Å². The van der Waals surface area contributed by atoms with E-state index in [0.29, 0.717) is 12.1 Å². The van der Waals surface area contributed by atoms with E-state index in [1.807, 2.05) is 30.3 Å². The predicted octanol–water partition coefficient (Wildman–Crippen LogP) is 2.65. The Morgan fingerprint density at radius 3 is 2.67 bits per heavy atom. The average Bonchev–Trinajstić information content (AvgIpc) is 2.98. The highest BCUT2D eigenvalue weighted by molar-refractivity contribution is 5.34. The standard InChI is InChI=1S/C16H15FN4/c17-13-9-19-7-6-15(13)21-11-20-10-16(21)14(18)8-12-4-2-1-3-5-12/h1-7,9-11,14H,8,18H2/t14-/m1/s1. The van der Waals surface area contributed by atoms with Gasteiger partial charge in [0.2, 0.25) is 0 Å². The van der Waals surface area contributed by atoms with Gasteiger partial charge in [-0.25, -0.2) is 9.37 Å². The van der Waals surface area contributed by atoms with Gasteiger partial charge in [0.05, 0.1) is 36.1 Å². The molecule has 3 aromatic rings. The van der Waals surface area contributed by atoms with Gasteiger partial charge in [0.1, 0.15) is 0 Å². The van der Waals surface area contributed by atoms with Crippen LogP contribution in [0.25, 0.3) is 5.69 Å². The van der Waals surface area contributed by atoms with Crippen LogP contribution >= 0.6 is 0 Å². The molecular formula is C16H15FN4. The Morgan fingerprint density at radius 1 is 1.10 bits per heavy atom. The van der Waals surface area contributed by atoms with Crippen LogP contribution in [0.4, 0.5) is 4.39 Å². The Kier molecular flexibility index (Phi) is 3.75. The minimum atomic E-state index is -0.399. The van der Waals surface area contributed by atoms with E-state index in [9.17, 15) is 4.39 Å². The topological polar surface area (TPSA) is 56.7 Å². The fourth-order valence-electron chi connectivity index (χ4n) is 2.32. The molecule has 1 aromatic carbocycles. The predicted molar refractivity (Wildman–Crippen MR) is 78.4 cm³/mol. The highest BCUT2D eigenvalue weighted by Crippen LogP contribution is 2.20. The summed E-state index contributed by atoms with van der Waals surface area (Å²) < 4.78 is 15.5. The number of nitrogens with zero attached hydrogens (tertiary/aromatic N) is 3. The quantitative estimate of drug-likeness (QED) is 0.800. The van der Waals surface area contributed by atoms with E-state index in [0.717, 1.165) is 11.3 Å². The molecule has 4 nitrogen and oxygen atoms in total. The molecule has 0 aliphatic heterocycles. The second-order valence-electron chi connectivity index (χ2n) is 4.81. The number of halogens is 1. The number of hydrogen-bond donors (Lipinski definition) is 1. The number of benzene rings is 1. The molecule has 0 saturated heterocycles. The zero-order valence-corrected chi connectivity index (χ0v) is 11.4. The first-order chi connectivity index (χ1) is 10.3. The Balaban J connectivity index is 1.91. The molecule has 0 spiro atoms. The highest BCUT2D eigenvalue weighted by Gasteiger charge is 2.15. The third-order valence-corrected chi connectivity index (χ3v) is 3.36. The lowest BCUT2D eigenvalue weighted by Gasteiger charge is -2.15. The fourth-order valence-corrected chi connectivity index (χ4v) is 2.32. The van der Waals surface area contributed by atoms with E-state index in [-0.39, 0.29) is 6.04 Å². The molecule has 5 heteroatoms. The van der Waals surface area contributed by atoms with Crippen LogP contribution in [0.1, 0.15) is 17.3 Å². The number of rotatable bonds is 4. The van der Waals surface area contributed by atoms with Crippen LogP contribution in [-0.2, 0) is 6.42 Å². The van der Waals surface area contributed by atoms with Crippen molar-refractivity contribution >= 4 is 0 Å². The molecular weight excluding hydrogens is 267 g/mol. The van der Waals surface area contributed by atoms with Crippen molar-refractivity contribution in [1.29, 1.82) is 0 Å². The van der Waals surface area contributed by atoms with E-state index >= 15 is 0 Å². The Labute approximate surface area is 122 Å². The van der Waals surface area contributed by atoms with Crippen LogP contribution in [0.15, 0.2) is 61.3 Å². The summed E-state index contributed by atoms with van der Waals surface area (Å²) in [7, 11) is 0. The summed E-state index contributed by atoms with van der Waals surface area (Å²) in [6.45, 7) is 0. The monoisotopic (exact) mass is 282 g/mol. The van der Waals surface area contributed by atoms with Gasteiger partial charge in [-0.15, -0.1) is 0 Å². The maximum Gasteiger partial charge on any atom is 0.165 e. The van der Waals surface area contributed by atoms with Crippen LogP contribution in [0.2, 0.25) is 0 Å². The first-order valence-corrected chi connectivity index (χ1v) is 6.67. The second-order valence-corrected chi connectivity index (χ2v) is 4.81. The van der Waals surface area contributed by atoms with Gasteiger partial charge in [0, 0.05) is 6.20 Å². The van der Waals surface area contributed by atoms with Gasteiger partial charge in [-0.2, -0.15) is 0 Å². The molecule has 106 valence electrons. The van der Waals surface area contributed by atoms with Gasteiger partial charge >= 0.3 is 0 Å². The number of nitrogens with two attached hydrogens (primary N) is 1. The molecule has 0 unspecified atom stereocenters.